The zero-order valence-corrected chi connectivity index (χ0v) is 15.6. The van der Waals surface area contributed by atoms with Gasteiger partial charge in [-0.2, -0.15) is 4.31 Å². The number of rotatable bonds is 4. The van der Waals surface area contributed by atoms with Gasteiger partial charge in [0.15, 0.2) is 0 Å². The lowest BCUT2D eigenvalue weighted by Crippen LogP contribution is -2.42. The van der Waals surface area contributed by atoms with Crippen LogP contribution < -0.4 is 10.2 Å². The summed E-state index contributed by atoms with van der Waals surface area (Å²) in [5, 5.41) is 0. The number of methoxy groups -OCH3 is 1. The predicted octanol–water partition coefficient (Wildman–Crippen LogP) is 1.39. The van der Waals surface area contributed by atoms with Crippen LogP contribution in [0.1, 0.15) is 34.1 Å². The highest BCUT2D eigenvalue weighted by molar-refractivity contribution is 7.89. The molecule has 0 amide bonds. The van der Waals surface area contributed by atoms with Crippen LogP contribution >= 0.6 is 0 Å². The minimum atomic E-state index is -3.56. The molecule has 6 nitrogen and oxygen atoms in total. The lowest BCUT2D eigenvalue weighted by molar-refractivity contribution is 0.00578. The first-order valence-electron chi connectivity index (χ1n) is 8.12. The van der Waals surface area contributed by atoms with Gasteiger partial charge in [-0.25, -0.2) is 8.42 Å². The summed E-state index contributed by atoms with van der Waals surface area (Å²) in [5.74, 6) is 0.335. The zero-order valence-electron chi connectivity index (χ0n) is 14.8. The second-order valence-electron chi connectivity index (χ2n) is 7.26. The van der Waals surface area contributed by atoms with Crippen molar-refractivity contribution < 1.29 is 22.5 Å². The summed E-state index contributed by atoms with van der Waals surface area (Å²) in [6.45, 7) is 8.96. The van der Waals surface area contributed by atoms with E-state index in [-0.39, 0.29) is 4.90 Å². The van der Waals surface area contributed by atoms with Crippen molar-refractivity contribution in [1.29, 1.82) is 0 Å². The summed E-state index contributed by atoms with van der Waals surface area (Å²) in [5.41, 5.74) is -0.282. The molecule has 2 aliphatic rings. The Kier molecular flexibility index (Phi) is 4.23. The van der Waals surface area contributed by atoms with Gasteiger partial charge in [0.25, 0.3) is 0 Å². The van der Waals surface area contributed by atoms with E-state index in [0.29, 0.717) is 24.3 Å². The van der Waals surface area contributed by atoms with E-state index in [1.807, 2.05) is 27.7 Å². The molecule has 2 fully saturated rings. The SMILES string of the molecule is COc1ccc(B2OC(C)(C)C(C)(C)O2)cc1S(=O)(=O)N1CCC1. The molecular weight excluding hydrogens is 329 g/mol. The maximum absolute atomic E-state index is 12.8. The summed E-state index contributed by atoms with van der Waals surface area (Å²) >= 11 is 0. The molecule has 0 atom stereocenters. The maximum Gasteiger partial charge on any atom is 0.494 e. The van der Waals surface area contributed by atoms with Crippen molar-refractivity contribution in [2.45, 2.75) is 50.2 Å². The first kappa shape index (κ1) is 17.7. The Labute approximate surface area is 144 Å². The van der Waals surface area contributed by atoms with E-state index in [1.54, 1.807) is 18.2 Å². The molecule has 0 saturated carbocycles. The molecule has 0 radical (unpaired) electrons. The van der Waals surface area contributed by atoms with Crippen molar-refractivity contribution in [3.63, 3.8) is 0 Å². The Bertz CT molecular complexity index is 727. The summed E-state index contributed by atoms with van der Waals surface area (Å²) in [6.07, 6.45) is 0.887. The van der Waals surface area contributed by atoms with Crippen LogP contribution in [0.15, 0.2) is 23.1 Å². The third-order valence-corrected chi connectivity index (χ3v) is 7.07. The number of hydrogen-bond acceptors (Lipinski definition) is 5. The minimum absolute atomic E-state index is 0.164. The molecule has 0 N–H and O–H groups in total. The van der Waals surface area contributed by atoms with Gasteiger partial charge in [0, 0.05) is 13.1 Å². The van der Waals surface area contributed by atoms with Gasteiger partial charge in [-0.1, -0.05) is 6.07 Å². The molecular formula is C16H24BNO5S. The molecule has 1 aromatic rings. The minimum Gasteiger partial charge on any atom is -0.495 e. The van der Waals surface area contributed by atoms with Crippen molar-refractivity contribution in [3.8, 4) is 5.75 Å². The van der Waals surface area contributed by atoms with Crippen LogP contribution in [0, 0.1) is 0 Å². The highest BCUT2D eigenvalue weighted by Crippen LogP contribution is 2.37. The summed E-state index contributed by atoms with van der Waals surface area (Å²) in [6, 6.07) is 5.05. The van der Waals surface area contributed by atoms with Crippen LogP contribution in [-0.2, 0) is 19.3 Å². The Morgan fingerprint density at radius 1 is 1.12 bits per heavy atom. The van der Waals surface area contributed by atoms with Crippen LogP contribution in [0.3, 0.4) is 0 Å². The van der Waals surface area contributed by atoms with Crippen LogP contribution in [0.5, 0.6) is 5.75 Å². The van der Waals surface area contributed by atoms with Gasteiger partial charge in [0.2, 0.25) is 10.0 Å². The van der Waals surface area contributed by atoms with E-state index in [2.05, 4.69) is 0 Å². The number of nitrogens with zero attached hydrogens (tertiary/aromatic N) is 1. The first-order valence-corrected chi connectivity index (χ1v) is 9.56. The van der Waals surface area contributed by atoms with Crippen LogP contribution in [0.2, 0.25) is 0 Å². The molecule has 0 bridgehead atoms. The number of hydrogen-bond donors (Lipinski definition) is 0. The monoisotopic (exact) mass is 353 g/mol. The molecule has 0 unspecified atom stereocenters. The lowest BCUT2D eigenvalue weighted by Gasteiger charge is -2.32. The van der Waals surface area contributed by atoms with Crippen molar-refractivity contribution in [2.24, 2.45) is 0 Å². The van der Waals surface area contributed by atoms with Gasteiger partial charge < -0.3 is 14.0 Å². The van der Waals surface area contributed by atoms with E-state index in [0.717, 1.165) is 6.42 Å². The Balaban J connectivity index is 1.99. The molecule has 132 valence electrons. The largest absolute Gasteiger partial charge is 0.495 e. The van der Waals surface area contributed by atoms with Gasteiger partial charge >= 0.3 is 7.12 Å². The molecule has 3 rings (SSSR count). The molecule has 0 spiro atoms. The fourth-order valence-electron chi connectivity index (χ4n) is 2.69. The second kappa shape index (κ2) is 5.73. The van der Waals surface area contributed by atoms with E-state index in [9.17, 15) is 8.42 Å². The highest BCUT2D eigenvalue weighted by atomic mass is 32.2. The fraction of sp³-hybridized carbons (Fsp3) is 0.625. The first-order chi connectivity index (χ1) is 11.1. The van der Waals surface area contributed by atoms with Crippen LogP contribution in [0.4, 0.5) is 0 Å². The van der Waals surface area contributed by atoms with Gasteiger partial charge in [0.05, 0.1) is 18.3 Å². The van der Waals surface area contributed by atoms with E-state index < -0.39 is 28.3 Å². The van der Waals surface area contributed by atoms with Gasteiger partial charge in [-0.05, 0) is 51.7 Å². The Morgan fingerprint density at radius 3 is 2.17 bits per heavy atom. The zero-order chi connectivity index (χ0) is 17.8. The molecule has 0 aromatic heterocycles. The van der Waals surface area contributed by atoms with Crippen molar-refractivity contribution in [2.75, 3.05) is 20.2 Å². The van der Waals surface area contributed by atoms with Gasteiger partial charge in [0.1, 0.15) is 10.6 Å². The van der Waals surface area contributed by atoms with Crippen LogP contribution in [-0.4, -0.2) is 51.2 Å². The second-order valence-corrected chi connectivity index (χ2v) is 9.16. The van der Waals surface area contributed by atoms with Gasteiger partial charge in [-0.15, -0.1) is 0 Å². The number of sulfonamides is 1. The quantitative estimate of drug-likeness (QED) is 0.766. The predicted molar refractivity (Wildman–Crippen MR) is 92.1 cm³/mol. The molecule has 2 aliphatic heterocycles. The third-order valence-electron chi connectivity index (χ3n) is 5.15. The molecule has 24 heavy (non-hydrogen) atoms. The van der Waals surface area contributed by atoms with Crippen molar-refractivity contribution in [3.05, 3.63) is 18.2 Å². The molecule has 0 aliphatic carbocycles. The van der Waals surface area contributed by atoms with E-state index >= 15 is 0 Å². The molecule has 8 heteroatoms. The molecule has 2 heterocycles. The lowest BCUT2D eigenvalue weighted by atomic mass is 9.79. The number of benzene rings is 1. The molecule has 2 saturated heterocycles. The van der Waals surface area contributed by atoms with E-state index in [4.69, 9.17) is 14.0 Å². The highest BCUT2D eigenvalue weighted by Gasteiger charge is 2.52. The maximum atomic E-state index is 12.8. The molecule has 1 aromatic carbocycles. The average molecular weight is 353 g/mol. The fourth-order valence-corrected chi connectivity index (χ4v) is 4.40. The average Bonchev–Trinajstić information content (AvgIpc) is 2.64. The van der Waals surface area contributed by atoms with Crippen molar-refractivity contribution in [1.82, 2.24) is 4.31 Å². The smallest absolute Gasteiger partial charge is 0.494 e. The van der Waals surface area contributed by atoms with Gasteiger partial charge in [-0.3, -0.25) is 0 Å². The summed E-state index contributed by atoms with van der Waals surface area (Å²) in [7, 11) is -2.69. The van der Waals surface area contributed by atoms with E-state index in [1.165, 1.54) is 11.4 Å². The van der Waals surface area contributed by atoms with Crippen LogP contribution in [0.25, 0.3) is 0 Å². The Hall–Kier alpha value is -1.09. The third kappa shape index (κ3) is 2.75. The Morgan fingerprint density at radius 2 is 1.71 bits per heavy atom. The normalized spacial score (nSPS) is 23.1. The van der Waals surface area contributed by atoms with Crippen molar-refractivity contribution >= 4 is 22.6 Å². The topological polar surface area (TPSA) is 65.1 Å². The number of ether oxygens (including phenoxy) is 1. The summed E-state index contributed by atoms with van der Waals surface area (Å²) in [4.78, 5) is 0.164. The standard InChI is InChI=1S/C16H24BNO5S/c1-15(2)16(3,4)23-17(22-15)12-7-8-13(21-5)14(11-12)24(19,20)18-9-6-10-18/h7-8,11H,6,9-10H2,1-5H3. The summed E-state index contributed by atoms with van der Waals surface area (Å²) < 4.78 is 44.3.